The van der Waals surface area contributed by atoms with Crippen molar-refractivity contribution < 1.29 is 0 Å². The van der Waals surface area contributed by atoms with E-state index in [-0.39, 0.29) is 12.4 Å². The Balaban J connectivity index is 0.000000490. The lowest BCUT2D eigenvalue weighted by atomic mass is 10.3. The molecule has 0 aliphatic carbocycles. The molecule has 0 spiro atoms. The van der Waals surface area contributed by atoms with E-state index >= 15 is 0 Å². The standard InChI is InChI=1S/C5H11NS.ClH/c1-7-3-2-5(6)4-7;/h5H,1-4,6H2;1H/t5-,7?;/m0./s1. The summed E-state index contributed by atoms with van der Waals surface area (Å²) in [6.07, 6.45) is 1.20. The third kappa shape index (κ3) is 2.16. The van der Waals surface area contributed by atoms with Crippen LogP contribution in [0.4, 0.5) is 0 Å². The Morgan fingerprint density at radius 2 is 2.25 bits per heavy atom. The summed E-state index contributed by atoms with van der Waals surface area (Å²) in [5.41, 5.74) is 5.59. The summed E-state index contributed by atoms with van der Waals surface area (Å²) in [5, 5.41) is 0. The maximum atomic E-state index is 5.59. The molecule has 0 amide bonds. The van der Waals surface area contributed by atoms with Crippen molar-refractivity contribution in [1.82, 2.24) is 0 Å². The Morgan fingerprint density at radius 3 is 2.38 bits per heavy atom. The molecule has 0 aromatic rings. The van der Waals surface area contributed by atoms with Crippen molar-refractivity contribution in [3.8, 4) is 0 Å². The number of hydrogen-bond acceptors (Lipinski definition) is 1. The average molecular weight is 154 g/mol. The van der Waals surface area contributed by atoms with Crippen molar-refractivity contribution in [3.05, 3.63) is 0 Å². The maximum Gasteiger partial charge on any atom is 0.0133 e. The Hall–Kier alpha value is 0.470. The number of halogens is 1. The molecule has 1 nitrogen and oxygen atoms in total. The van der Waals surface area contributed by atoms with Gasteiger partial charge in [0.2, 0.25) is 0 Å². The quantitative estimate of drug-likeness (QED) is 0.513. The fraction of sp³-hybridized carbons (Fsp3) is 0.800. The second kappa shape index (κ2) is 3.49. The van der Waals surface area contributed by atoms with Crippen LogP contribution in [0.25, 0.3) is 0 Å². The first-order valence-electron chi connectivity index (χ1n) is 2.52. The number of rotatable bonds is 0. The van der Waals surface area contributed by atoms with Crippen LogP contribution in [0.1, 0.15) is 6.42 Å². The molecule has 1 saturated heterocycles. The van der Waals surface area contributed by atoms with Gasteiger partial charge >= 0.3 is 0 Å². The van der Waals surface area contributed by atoms with Gasteiger partial charge in [-0.25, -0.2) is 0 Å². The molecule has 2 atom stereocenters. The Kier molecular flexibility index (Phi) is 3.69. The van der Waals surface area contributed by atoms with Gasteiger partial charge in [-0.05, 0) is 12.2 Å². The zero-order valence-corrected chi connectivity index (χ0v) is 6.43. The minimum Gasteiger partial charge on any atom is -0.327 e. The van der Waals surface area contributed by atoms with E-state index < -0.39 is 0 Å². The fourth-order valence-corrected chi connectivity index (χ4v) is 2.36. The molecule has 3 heteroatoms. The summed E-state index contributed by atoms with van der Waals surface area (Å²) < 4.78 is 0. The van der Waals surface area contributed by atoms with Gasteiger partial charge in [-0.2, -0.15) is 10.5 Å². The highest BCUT2D eigenvalue weighted by molar-refractivity contribution is 8.14. The van der Waals surface area contributed by atoms with Crippen molar-refractivity contribution in [2.45, 2.75) is 12.5 Å². The summed E-state index contributed by atoms with van der Waals surface area (Å²) in [7, 11) is 0.422. The molecule has 1 rings (SSSR count). The minimum absolute atomic E-state index is 0. The summed E-state index contributed by atoms with van der Waals surface area (Å²) >= 11 is 0. The summed E-state index contributed by atoms with van der Waals surface area (Å²) in [6.45, 7) is 0. The van der Waals surface area contributed by atoms with Crippen LogP contribution in [-0.4, -0.2) is 23.4 Å². The summed E-state index contributed by atoms with van der Waals surface area (Å²) in [5.74, 6) is 6.37. The van der Waals surface area contributed by atoms with E-state index in [4.69, 9.17) is 5.73 Å². The first-order valence-corrected chi connectivity index (χ1v) is 4.25. The Bertz CT molecular complexity index is 94.4. The molecule has 0 radical (unpaired) electrons. The van der Waals surface area contributed by atoms with Crippen LogP contribution in [0.3, 0.4) is 0 Å². The molecule has 8 heavy (non-hydrogen) atoms. The van der Waals surface area contributed by atoms with Crippen LogP contribution >= 0.6 is 22.9 Å². The molecule has 0 saturated carbocycles. The highest BCUT2D eigenvalue weighted by Crippen LogP contribution is 2.21. The van der Waals surface area contributed by atoms with E-state index in [9.17, 15) is 0 Å². The molecule has 1 heterocycles. The molecular formula is C5H12ClNS. The van der Waals surface area contributed by atoms with Gasteiger partial charge in [0, 0.05) is 11.8 Å². The zero-order chi connectivity index (χ0) is 5.28. The van der Waals surface area contributed by atoms with Gasteiger partial charge in [0.15, 0.2) is 0 Å². The molecular weight excluding hydrogens is 142 g/mol. The van der Waals surface area contributed by atoms with Crippen LogP contribution in [0.5, 0.6) is 0 Å². The molecule has 0 bridgehead atoms. The highest BCUT2D eigenvalue weighted by atomic mass is 35.5. The van der Waals surface area contributed by atoms with Crippen molar-refractivity contribution in [1.29, 1.82) is 0 Å². The van der Waals surface area contributed by atoms with Gasteiger partial charge in [0.05, 0.1) is 0 Å². The van der Waals surface area contributed by atoms with E-state index in [0.717, 1.165) is 0 Å². The summed E-state index contributed by atoms with van der Waals surface area (Å²) in [4.78, 5) is 0. The van der Waals surface area contributed by atoms with Crippen LogP contribution < -0.4 is 5.73 Å². The monoisotopic (exact) mass is 153 g/mol. The van der Waals surface area contributed by atoms with E-state index in [0.29, 0.717) is 16.5 Å². The van der Waals surface area contributed by atoms with E-state index in [1.165, 1.54) is 17.9 Å². The molecule has 50 valence electrons. The summed E-state index contributed by atoms with van der Waals surface area (Å²) in [6, 6.07) is 0.473. The van der Waals surface area contributed by atoms with Crippen molar-refractivity contribution in [2.75, 3.05) is 11.5 Å². The second-order valence-corrected chi connectivity index (χ2v) is 4.00. The molecule has 1 aliphatic heterocycles. The lowest BCUT2D eigenvalue weighted by Crippen LogP contribution is -2.17. The largest absolute Gasteiger partial charge is 0.327 e. The van der Waals surface area contributed by atoms with Gasteiger partial charge in [0.25, 0.3) is 0 Å². The molecule has 1 unspecified atom stereocenters. The van der Waals surface area contributed by atoms with Gasteiger partial charge in [-0.15, -0.1) is 12.4 Å². The predicted molar refractivity (Wildman–Crippen MR) is 44.3 cm³/mol. The molecule has 0 aromatic heterocycles. The van der Waals surface area contributed by atoms with Gasteiger partial charge in [-0.1, -0.05) is 5.87 Å². The second-order valence-electron chi connectivity index (χ2n) is 2.03. The molecule has 0 aromatic carbocycles. The molecule has 2 N–H and O–H groups in total. The van der Waals surface area contributed by atoms with Crippen LogP contribution in [-0.2, 0) is 0 Å². The first kappa shape index (κ1) is 8.47. The van der Waals surface area contributed by atoms with Crippen molar-refractivity contribution in [3.63, 3.8) is 0 Å². The van der Waals surface area contributed by atoms with Gasteiger partial charge < -0.3 is 5.73 Å². The SMILES string of the molecule is C=S1CC[C@H](N)C1.Cl. The van der Waals surface area contributed by atoms with Crippen LogP contribution in [0.15, 0.2) is 0 Å². The highest BCUT2D eigenvalue weighted by Gasteiger charge is 2.10. The van der Waals surface area contributed by atoms with Crippen molar-refractivity contribution in [2.24, 2.45) is 5.73 Å². The maximum absolute atomic E-state index is 5.59. The van der Waals surface area contributed by atoms with Crippen LogP contribution in [0.2, 0.25) is 0 Å². The average Bonchev–Trinajstić information content (AvgIpc) is 1.87. The minimum atomic E-state index is 0. The lowest BCUT2D eigenvalue weighted by molar-refractivity contribution is 0.759. The van der Waals surface area contributed by atoms with E-state index in [2.05, 4.69) is 5.87 Å². The smallest absolute Gasteiger partial charge is 0.0133 e. The van der Waals surface area contributed by atoms with Crippen LogP contribution in [0, 0.1) is 0 Å². The van der Waals surface area contributed by atoms with E-state index in [1.54, 1.807) is 0 Å². The number of nitrogens with two attached hydrogens (primary N) is 1. The third-order valence-corrected chi connectivity index (χ3v) is 2.94. The van der Waals surface area contributed by atoms with Gasteiger partial charge in [0.1, 0.15) is 0 Å². The normalized spacial score (nSPS) is 36.6. The first-order chi connectivity index (χ1) is 3.29. The lowest BCUT2D eigenvalue weighted by Gasteiger charge is -1.93. The Morgan fingerprint density at radius 1 is 1.62 bits per heavy atom. The molecule has 1 fully saturated rings. The van der Waals surface area contributed by atoms with E-state index in [1.807, 2.05) is 0 Å². The van der Waals surface area contributed by atoms with Crippen molar-refractivity contribution >= 4 is 28.8 Å². The zero-order valence-electron chi connectivity index (χ0n) is 4.80. The third-order valence-electron chi connectivity index (χ3n) is 1.23. The topological polar surface area (TPSA) is 26.0 Å². The van der Waals surface area contributed by atoms with Gasteiger partial charge in [-0.3, -0.25) is 0 Å². The molecule has 1 aliphatic rings. The fourth-order valence-electron chi connectivity index (χ4n) is 0.787. The predicted octanol–water partition coefficient (Wildman–Crippen LogP) is 0.840. The number of hydrogen-bond donors (Lipinski definition) is 1. The Labute approximate surface area is 59.0 Å².